The largest absolute Gasteiger partial charge is 0.355 e. The van der Waals surface area contributed by atoms with Gasteiger partial charge in [0.25, 0.3) is 0 Å². The molecule has 9 heteroatoms. The van der Waals surface area contributed by atoms with E-state index in [4.69, 9.17) is 23.2 Å². The normalized spacial score (nSPS) is 13.1. The lowest BCUT2D eigenvalue weighted by atomic mass is 10.3. The Balaban J connectivity index is 2.99. The fraction of sp³-hybridized carbons (Fsp3) is 0.400. The fourth-order valence-corrected chi connectivity index (χ4v) is 3.16. The van der Waals surface area contributed by atoms with E-state index < -0.39 is 22.0 Å². The molecule has 1 aromatic heterocycles. The zero-order chi connectivity index (χ0) is 14.6. The summed E-state index contributed by atoms with van der Waals surface area (Å²) in [6.07, 6.45) is 1.23. The number of pyridine rings is 1. The molecule has 1 amide bonds. The first-order valence-corrected chi connectivity index (χ1v) is 7.63. The van der Waals surface area contributed by atoms with Crippen LogP contribution in [0.1, 0.15) is 13.8 Å². The average Bonchev–Trinajstić information content (AvgIpc) is 2.31. The highest BCUT2D eigenvalue weighted by molar-refractivity contribution is 7.89. The second kappa shape index (κ2) is 6.51. The zero-order valence-electron chi connectivity index (χ0n) is 10.3. The van der Waals surface area contributed by atoms with Crippen molar-refractivity contribution in [1.82, 2.24) is 15.0 Å². The molecule has 1 atom stereocenters. The Bertz CT molecular complexity index is 577. The van der Waals surface area contributed by atoms with E-state index in [1.165, 1.54) is 19.2 Å². The summed E-state index contributed by atoms with van der Waals surface area (Å²) in [5.74, 6) is -0.433. The summed E-state index contributed by atoms with van der Waals surface area (Å²) in [4.78, 5) is 14.9. The van der Waals surface area contributed by atoms with Crippen LogP contribution in [0.3, 0.4) is 0 Å². The molecule has 1 aromatic rings. The molecular weight excluding hydrogens is 313 g/mol. The summed E-state index contributed by atoms with van der Waals surface area (Å²) >= 11 is 11.4. The van der Waals surface area contributed by atoms with Gasteiger partial charge in [-0.1, -0.05) is 23.2 Å². The number of aromatic nitrogens is 1. The third-order valence-electron chi connectivity index (χ3n) is 2.14. The highest BCUT2D eigenvalue weighted by Gasteiger charge is 2.24. The molecule has 19 heavy (non-hydrogen) atoms. The number of carbonyl (C=O) groups is 1. The van der Waals surface area contributed by atoms with Crippen LogP contribution in [-0.2, 0) is 14.8 Å². The van der Waals surface area contributed by atoms with E-state index >= 15 is 0 Å². The molecule has 1 rings (SSSR count). The van der Waals surface area contributed by atoms with Crippen molar-refractivity contribution in [3.8, 4) is 0 Å². The summed E-state index contributed by atoms with van der Waals surface area (Å²) in [5.41, 5.74) is 0. The summed E-state index contributed by atoms with van der Waals surface area (Å²) in [6.45, 7) is 3.57. The third-order valence-corrected chi connectivity index (χ3v) is 4.31. The predicted molar refractivity (Wildman–Crippen MR) is 72.7 cm³/mol. The van der Waals surface area contributed by atoms with Crippen molar-refractivity contribution < 1.29 is 13.2 Å². The van der Waals surface area contributed by atoms with Gasteiger partial charge in [-0.05, 0) is 19.9 Å². The number of carbonyl (C=O) groups excluding carboxylic acids is 1. The van der Waals surface area contributed by atoms with Crippen LogP contribution < -0.4 is 10.0 Å². The number of hydrogen-bond acceptors (Lipinski definition) is 4. The third kappa shape index (κ3) is 4.31. The van der Waals surface area contributed by atoms with Gasteiger partial charge in [0.1, 0.15) is 10.0 Å². The topological polar surface area (TPSA) is 88.2 Å². The van der Waals surface area contributed by atoms with Gasteiger partial charge in [0.2, 0.25) is 15.9 Å². The number of nitrogens with zero attached hydrogens (tertiary/aromatic N) is 1. The van der Waals surface area contributed by atoms with Crippen molar-refractivity contribution in [1.29, 1.82) is 0 Å². The Kier molecular flexibility index (Phi) is 5.54. The van der Waals surface area contributed by atoms with Crippen LogP contribution in [0.2, 0.25) is 10.2 Å². The van der Waals surface area contributed by atoms with Gasteiger partial charge in [-0.15, -0.1) is 0 Å². The van der Waals surface area contributed by atoms with E-state index in [0.717, 1.165) is 0 Å². The smallest absolute Gasteiger partial charge is 0.244 e. The number of rotatable bonds is 5. The van der Waals surface area contributed by atoms with Crippen molar-refractivity contribution in [2.75, 3.05) is 6.54 Å². The van der Waals surface area contributed by atoms with Gasteiger partial charge in [-0.2, -0.15) is 4.72 Å². The van der Waals surface area contributed by atoms with Gasteiger partial charge in [-0.25, -0.2) is 13.4 Å². The van der Waals surface area contributed by atoms with Crippen LogP contribution in [0.25, 0.3) is 0 Å². The highest BCUT2D eigenvalue weighted by Crippen LogP contribution is 2.22. The number of sulfonamides is 1. The Hall–Kier alpha value is -0.890. The molecule has 0 unspecified atom stereocenters. The lowest BCUT2D eigenvalue weighted by Crippen LogP contribution is -2.44. The standard InChI is InChI=1S/C10H13Cl2N3O3S/c1-3-13-10(16)6(2)15-19(17,18)8-4-7(11)5-14-9(8)12/h4-6,15H,3H2,1-2H3,(H,13,16)/t6-/m1/s1. The van der Waals surface area contributed by atoms with Gasteiger partial charge in [0.15, 0.2) is 0 Å². The average molecular weight is 326 g/mol. The van der Waals surface area contributed by atoms with Gasteiger partial charge >= 0.3 is 0 Å². The van der Waals surface area contributed by atoms with Gasteiger partial charge < -0.3 is 5.32 Å². The van der Waals surface area contributed by atoms with E-state index in [-0.39, 0.29) is 15.1 Å². The van der Waals surface area contributed by atoms with Crippen molar-refractivity contribution in [2.45, 2.75) is 24.8 Å². The summed E-state index contributed by atoms with van der Waals surface area (Å²) < 4.78 is 26.3. The molecule has 106 valence electrons. The molecule has 1 heterocycles. The van der Waals surface area contributed by atoms with Crippen LogP contribution >= 0.6 is 23.2 Å². The van der Waals surface area contributed by atoms with E-state index in [1.54, 1.807) is 6.92 Å². The molecule has 0 spiro atoms. The maximum absolute atomic E-state index is 12.1. The van der Waals surface area contributed by atoms with Crippen molar-refractivity contribution in [3.63, 3.8) is 0 Å². The molecular formula is C10H13Cl2N3O3S. The Morgan fingerprint density at radius 1 is 1.47 bits per heavy atom. The molecule has 0 bridgehead atoms. The fourth-order valence-electron chi connectivity index (χ4n) is 1.27. The van der Waals surface area contributed by atoms with E-state index in [1.807, 2.05) is 0 Å². The minimum atomic E-state index is -3.97. The zero-order valence-corrected chi connectivity index (χ0v) is 12.6. The Morgan fingerprint density at radius 2 is 2.11 bits per heavy atom. The van der Waals surface area contributed by atoms with E-state index in [9.17, 15) is 13.2 Å². The summed E-state index contributed by atoms with van der Waals surface area (Å²) in [5, 5.41) is 2.43. The van der Waals surface area contributed by atoms with Gasteiger partial charge in [0, 0.05) is 12.7 Å². The Morgan fingerprint density at radius 3 is 2.68 bits per heavy atom. The minimum Gasteiger partial charge on any atom is -0.355 e. The lowest BCUT2D eigenvalue weighted by Gasteiger charge is -2.14. The highest BCUT2D eigenvalue weighted by atomic mass is 35.5. The van der Waals surface area contributed by atoms with Crippen LogP contribution in [0, 0.1) is 0 Å². The number of amides is 1. The Labute approximate surface area is 121 Å². The number of likely N-dealkylation sites (N-methyl/N-ethyl adjacent to an activating group) is 1. The van der Waals surface area contributed by atoms with Crippen molar-refractivity contribution >= 4 is 39.1 Å². The molecule has 0 aliphatic rings. The monoisotopic (exact) mass is 325 g/mol. The number of nitrogens with one attached hydrogen (secondary N) is 2. The molecule has 0 aliphatic carbocycles. The lowest BCUT2D eigenvalue weighted by molar-refractivity contribution is -0.122. The second-order valence-electron chi connectivity index (χ2n) is 3.68. The van der Waals surface area contributed by atoms with Crippen molar-refractivity contribution in [3.05, 3.63) is 22.4 Å². The first-order chi connectivity index (χ1) is 8.77. The summed E-state index contributed by atoms with van der Waals surface area (Å²) in [7, 11) is -3.97. The molecule has 0 radical (unpaired) electrons. The molecule has 0 aliphatic heterocycles. The molecule has 6 nitrogen and oxygen atoms in total. The van der Waals surface area contributed by atoms with Gasteiger partial charge in [0.05, 0.1) is 11.1 Å². The predicted octanol–water partition coefficient (Wildman–Crippen LogP) is 1.19. The first-order valence-electron chi connectivity index (χ1n) is 5.39. The van der Waals surface area contributed by atoms with Crippen LogP contribution in [-0.4, -0.2) is 31.9 Å². The first kappa shape index (κ1) is 16.2. The van der Waals surface area contributed by atoms with E-state index in [0.29, 0.717) is 6.54 Å². The maximum atomic E-state index is 12.1. The molecule has 0 saturated heterocycles. The summed E-state index contributed by atoms with van der Waals surface area (Å²) in [6, 6.07) is 0.240. The number of hydrogen-bond donors (Lipinski definition) is 2. The minimum absolute atomic E-state index is 0.135. The van der Waals surface area contributed by atoms with Crippen molar-refractivity contribution in [2.24, 2.45) is 0 Å². The quantitative estimate of drug-likeness (QED) is 0.796. The number of halogens is 2. The van der Waals surface area contributed by atoms with Crippen LogP contribution in [0.5, 0.6) is 0 Å². The second-order valence-corrected chi connectivity index (χ2v) is 6.16. The molecule has 2 N–H and O–H groups in total. The van der Waals surface area contributed by atoms with Crippen LogP contribution in [0.15, 0.2) is 17.2 Å². The molecule has 0 fully saturated rings. The van der Waals surface area contributed by atoms with Gasteiger partial charge in [-0.3, -0.25) is 4.79 Å². The van der Waals surface area contributed by atoms with Crippen LogP contribution in [0.4, 0.5) is 0 Å². The SMILES string of the molecule is CCNC(=O)[C@@H](C)NS(=O)(=O)c1cc(Cl)cnc1Cl. The molecule has 0 saturated carbocycles. The molecule has 0 aromatic carbocycles. The maximum Gasteiger partial charge on any atom is 0.244 e. The van der Waals surface area contributed by atoms with E-state index in [2.05, 4.69) is 15.0 Å².